The average Bonchev–Trinajstić information content (AvgIpc) is 3.38. The van der Waals surface area contributed by atoms with E-state index in [1.54, 1.807) is 30.0 Å². The van der Waals surface area contributed by atoms with Crippen LogP contribution in [0, 0.1) is 0 Å². The molecule has 10 heteroatoms. The Labute approximate surface area is 163 Å². The summed E-state index contributed by atoms with van der Waals surface area (Å²) < 4.78 is 34.3. The van der Waals surface area contributed by atoms with Crippen LogP contribution in [0.1, 0.15) is 37.3 Å². The lowest BCUT2D eigenvalue weighted by Crippen LogP contribution is -2.40. The van der Waals surface area contributed by atoms with Crippen molar-refractivity contribution in [2.45, 2.75) is 47.5 Å². The zero-order valence-electron chi connectivity index (χ0n) is 15.0. The third-order valence-corrected chi connectivity index (χ3v) is 7.91. The van der Waals surface area contributed by atoms with Crippen LogP contribution in [0.4, 0.5) is 0 Å². The summed E-state index contributed by atoms with van der Waals surface area (Å²) in [5.41, 5.74) is 0.940. The van der Waals surface area contributed by atoms with Gasteiger partial charge in [0.15, 0.2) is 0 Å². The lowest BCUT2D eigenvalue weighted by Gasteiger charge is -2.26. The Bertz CT molecular complexity index is 874. The Kier molecular flexibility index (Phi) is 5.76. The summed E-state index contributed by atoms with van der Waals surface area (Å²) in [7, 11) is -3.48. The number of thioether (sulfide) groups is 1. The smallest absolute Gasteiger partial charge is 0.243 e. The van der Waals surface area contributed by atoms with Crippen LogP contribution < -0.4 is 0 Å². The fourth-order valence-corrected chi connectivity index (χ4v) is 5.90. The molecule has 27 heavy (non-hydrogen) atoms. The van der Waals surface area contributed by atoms with Gasteiger partial charge in [-0.25, -0.2) is 13.1 Å². The molecule has 0 spiro atoms. The first-order chi connectivity index (χ1) is 13.1. The highest BCUT2D eigenvalue weighted by Crippen LogP contribution is 2.32. The molecular formula is C17H23N5O3S2. The molecule has 2 aliphatic rings. The van der Waals surface area contributed by atoms with E-state index in [9.17, 15) is 8.42 Å². The third-order valence-electron chi connectivity index (χ3n) is 5.01. The van der Waals surface area contributed by atoms with Crippen LogP contribution in [0.5, 0.6) is 0 Å². The maximum atomic E-state index is 12.8. The van der Waals surface area contributed by atoms with Gasteiger partial charge in [0.25, 0.3) is 0 Å². The van der Waals surface area contributed by atoms with Crippen molar-refractivity contribution >= 4 is 21.8 Å². The molecule has 1 aliphatic heterocycles. The molecule has 1 aromatic carbocycles. The van der Waals surface area contributed by atoms with Crippen LogP contribution in [0.3, 0.4) is 0 Å². The molecule has 0 unspecified atom stereocenters. The number of sulfonamides is 1. The Morgan fingerprint density at radius 1 is 1.19 bits per heavy atom. The molecule has 0 N–H and O–H groups in total. The molecule has 0 atom stereocenters. The van der Waals surface area contributed by atoms with Gasteiger partial charge in [-0.15, -0.1) is 5.10 Å². The number of ether oxygens (including phenoxy) is 1. The van der Waals surface area contributed by atoms with Crippen molar-refractivity contribution in [2.24, 2.45) is 0 Å². The van der Waals surface area contributed by atoms with Crippen LogP contribution in [0.15, 0.2) is 34.3 Å². The van der Waals surface area contributed by atoms with E-state index in [-0.39, 0.29) is 0 Å². The number of morpholine rings is 1. The second kappa shape index (κ2) is 8.26. The van der Waals surface area contributed by atoms with Crippen molar-refractivity contribution in [3.8, 4) is 0 Å². The van der Waals surface area contributed by atoms with E-state index >= 15 is 0 Å². The van der Waals surface area contributed by atoms with Crippen molar-refractivity contribution < 1.29 is 13.2 Å². The summed E-state index contributed by atoms with van der Waals surface area (Å²) in [5, 5.41) is 12.9. The predicted molar refractivity (Wildman–Crippen MR) is 101 cm³/mol. The molecule has 1 aromatic heterocycles. The SMILES string of the molecule is O=S(=O)(c1cccc(CSc2nnnn2C2CCCC2)c1)N1CCOCC1. The summed E-state index contributed by atoms with van der Waals surface area (Å²) in [6.45, 7) is 1.69. The van der Waals surface area contributed by atoms with Gasteiger partial charge in [-0.05, 0) is 41.0 Å². The lowest BCUT2D eigenvalue weighted by atomic mass is 10.2. The molecule has 2 heterocycles. The van der Waals surface area contributed by atoms with Crippen molar-refractivity contribution in [3.63, 3.8) is 0 Å². The van der Waals surface area contributed by atoms with Gasteiger partial charge >= 0.3 is 0 Å². The van der Waals surface area contributed by atoms with Crippen LogP contribution in [-0.2, 0) is 20.5 Å². The van der Waals surface area contributed by atoms with Crippen LogP contribution >= 0.6 is 11.8 Å². The molecule has 146 valence electrons. The zero-order chi connectivity index (χ0) is 18.7. The number of benzene rings is 1. The van der Waals surface area contributed by atoms with Gasteiger partial charge in [0.2, 0.25) is 15.2 Å². The van der Waals surface area contributed by atoms with Gasteiger partial charge in [0.1, 0.15) is 0 Å². The topological polar surface area (TPSA) is 90.2 Å². The highest BCUT2D eigenvalue weighted by atomic mass is 32.2. The largest absolute Gasteiger partial charge is 0.379 e. The van der Waals surface area contributed by atoms with E-state index in [0.717, 1.165) is 23.6 Å². The maximum Gasteiger partial charge on any atom is 0.243 e. The number of aromatic nitrogens is 4. The van der Waals surface area contributed by atoms with Gasteiger partial charge in [-0.3, -0.25) is 0 Å². The number of tetrazole rings is 1. The Morgan fingerprint density at radius 3 is 2.74 bits per heavy atom. The van der Waals surface area contributed by atoms with E-state index in [1.807, 2.05) is 10.7 Å². The highest BCUT2D eigenvalue weighted by Gasteiger charge is 2.26. The third kappa shape index (κ3) is 4.18. The zero-order valence-corrected chi connectivity index (χ0v) is 16.7. The van der Waals surface area contributed by atoms with E-state index in [1.165, 1.54) is 17.1 Å². The fourth-order valence-electron chi connectivity index (χ4n) is 3.54. The van der Waals surface area contributed by atoms with Crippen LogP contribution in [0.25, 0.3) is 0 Å². The molecule has 2 fully saturated rings. The highest BCUT2D eigenvalue weighted by molar-refractivity contribution is 7.98. The van der Waals surface area contributed by atoms with E-state index < -0.39 is 10.0 Å². The molecular weight excluding hydrogens is 386 g/mol. The van der Waals surface area contributed by atoms with Crippen molar-refractivity contribution in [1.82, 2.24) is 24.5 Å². The number of hydrogen-bond donors (Lipinski definition) is 0. The molecule has 0 amide bonds. The first-order valence-electron chi connectivity index (χ1n) is 9.22. The van der Waals surface area contributed by atoms with E-state index in [0.29, 0.717) is 43.0 Å². The van der Waals surface area contributed by atoms with Gasteiger partial charge in [-0.2, -0.15) is 4.31 Å². The Hall–Kier alpha value is -1.49. The summed E-state index contributed by atoms with van der Waals surface area (Å²) in [5.74, 6) is 0.625. The second-order valence-electron chi connectivity index (χ2n) is 6.80. The first kappa shape index (κ1) is 18.9. The fraction of sp³-hybridized carbons (Fsp3) is 0.588. The monoisotopic (exact) mass is 409 g/mol. The normalized spacial score (nSPS) is 19.6. The summed E-state index contributed by atoms with van der Waals surface area (Å²) >= 11 is 1.55. The minimum Gasteiger partial charge on any atom is -0.379 e. The quantitative estimate of drug-likeness (QED) is 0.675. The second-order valence-corrected chi connectivity index (χ2v) is 9.68. The van der Waals surface area contributed by atoms with Crippen molar-refractivity contribution in [3.05, 3.63) is 29.8 Å². The summed E-state index contributed by atoms with van der Waals surface area (Å²) in [6, 6.07) is 7.52. The molecule has 4 rings (SSSR count). The van der Waals surface area contributed by atoms with Gasteiger partial charge in [-0.1, -0.05) is 36.7 Å². The van der Waals surface area contributed by atoms with Crippen LogP contribution in [0.2, 0.25) is 0 Å². The Morgan fingerprint density at radius 2 is 1.96 bits per heavy atom. The standard InChI is InChI=1S/C17H23N5O3S2/c23-27(24,21-8-10-25-11-9-21)16-7-3-4-14(12-16)13-26-17-18-19-20-22(17)15-5-1-2-6-15/h3-4,7,12,15H,1-2,5-6,8-11,13H2. The summed E-state index contributed by atoms with van der Waals surface area (Å²) in [6.07, 6.45) is 4.67. The predicted octanol–water partition coefficient (Wildman–Crippen LogP) is 2.10. The molecule has 0 bridgehead atoms. The molecule has 1 saturated heterocycles. The lowest BCUT2D eigenvalue weighted by molar-refractivity contribution is 0.0730. The number of hydrogen-bond acceptors (Lipinski definition) is 7. The van der Waals surface area contributed by atoms with Gasteiger partial charge in [0, 0.05) is 18.8 Å². The molecule has 2 aromatic rings. The first-order valence-corrected chi connectivity index (χ1v) is 11.6. The molecule has 8 nitrogen and oxygen atoms in total. The number of rotatable bonds is 6. The average molecular weight is 410 g/mol. The molecule has 0 radical (unpaired) electrons. The van der Waals surface area contributed by atoms with Crippen LogP contribution in [-0.4, -0.2) is 59.2 Å². The minimum absolute atomic E-state index is 0.331. The van der Waals surface area contributed by atoms with Gasteiger partial charge in [0.05, 0.1) is 24.2 Å². The van der Waals surface area contributed by atoms with Crippen molar-refractivity contribution in [1.29, 1.82) is 0 Å². The van der Waals surface area contributed by atoms with E-state index in [4.69, 9.17) is 4.74 Å². The maximum absolute atomic E-state index is 12.8. The number of nitrogens with zero attached hydrogens (tertiary/aromatic N) is 5. The molecule has 1 aliphatic carbocycles. The summed E-state index contributed by atoms with van der Waals surface area (Å²) in [4.78, 5) is 0.331. The van der Waals surface area contributed by atoms with Crippen molar-refractivity contribution in [2.75, 3.05) is 26.3 Å². The van der Waals surface area contributed by atoms with Gasteiger partial charge < -0.3 is 4.74 Å². The Balaban J connectivity index is 1.46. The molecule has 1 saturated carbocycles. The minimum atomic E-state index is -3.48. The van der Waals surface area contributed by atoms with E-state index in [2.05, 4.69) is 15.5 Å².